The summed E-state index contributed by atoms with van der Waals surface area (Å²) in [4.78, 5) is 40.1. The van der Waals surface area contributed by atoms with Gasteiger partial charge in [-0.1, -0.05) is 6.08 Å². The summed E-state index contributed by atoms with van der Waals surface area (Å²) in [6, 6.07) is 0. The number of amides is 2. The molecule has 0 spiro atoms. The summed E-state index contributed by atoms with van der Waals surface area (Å²) in [6.07, 6.45) is 8.53. The fourth-order valence-corrected chi connectivity index (χ4v) is 3.90. The molecule has 2 aromatic rings. The van der Waals surface area contributed by atoms with Gasteiger partial charge in [-0.2, -0.15) is 0 Å². The number of fused-ring (bicyclic) bond motifs is 1. The molecule has 1 fully saturated rings. The number of anilines is 2. The Balaban J connectivity index is 1.86. The second-order valence-corrected chi connectivity index (χ2v) is 7.87. The molecule has 9 nitrogen and oxygen atoms in total. The number of nitrogens with one attached hydrogen (secondary N) is 2. The maximum absolute atomic E-state index is 12.6. The lowest BCUT2D eigenvalue weighted by molar-refractivity contribution is -0.130. The molecule has 1 aliphatic heterocycles. The molecule has 1 atom stereocenters. The van der Waals surface area contributed by atoms with Gasteiger partial charge >= 0.3 is 0 Å². The number of aromatic amines is 1. The van der Waals surface area contributed by atoms with Gasteiger partial charge in [0.05, 0.1) is 33.7 Å². The van der Waals surface area contributed by atoms with Crippen molar-refractivity contribution in [2.24, 2.45) is 16.6 Å². The molecule has 0 saturated carbocycles. The number of carbonyl (C=O) groups is 2. The van der Waals surface area contributed by atoms with Gasteiger partial charge in [0.15, 0.2) is 0 Å². The Morgan fingerprint density at radius 3 is 2.80 bits per heavy atom. The van der Waals surface area contributed by atoms with Crippen molar-refractivity contribution in [2.75, 3.05) is 42.9 Å². The number of aliphatic imine (C=N–C) groups is 1. The van der Waals surface area contributed by atoms with Gasteiger partial charge in [-0.3, -0.25) is 14.6 Å². The Bertz CT molecular complexity index is 977. The highest BCUT2D eigenvalue weighted by Crippen LogP contribution is 2.38. The van der Waals surface area contributed by atoms with Crippen molar-refractivity contribution in [2.45, 2.75) is 13.8 Å². The van der Waals surface area contributed by atoms with Gasteiger partial charge in [0, 0.05) is 51.0 Å². The van der Waals surface area contributed by atoms with E-state index in [2.05, 4.69) is 41.1 Å². The zero-order chi connectivity index (χ0) is 21.7. The van der Waals surface area contributed by atoms with E-state index in [1.165, 1.54) is 0 Å². The summed E-state index contributed by atoms with van der Waals surface area (Å²) in [5, 5.41) is 3.81. The molecule has 2 aromatic heterocycles. The van der Waals surface area contributed by atoms with Crippen molar-refractivity contribution < 1.29 is 9.59 Å². The van der Waals surface area contributed by atoms with Gasteiger partial charge in [-0.25, -0.2) is 4.98 Å². The number of aromatic nitrogens is 2. The molecule has 3 heterocycles. The van der Waals surface area contributed by atoms with Crippen LogP contribution in [0.25, 0.3) is 11.0 Å². The van der Waals surface area contributed by atoms with E-state index in [1.807, 2.05) is 6.92 Å². The van der Waals surface area contributed by atoms with E-state index in [-0.39, 0.29) is 24.3 Å². The van der Waals surface area contributed by atoms with Gasteiger partial charge in [-0.05, 0) is 29.8 Å². The highest BCUT2D eigenvalue weighted by atomic mass is 79.9. The molecule has 0 bridgehead atoms. The fraction of sp³-hybridized carbons (Fsp3) is 0.400. The van der Waals surface area contributed by atoms with Gasteiger partial charge < -0.3 is 25.8 Å². The van der Waals surface area contributed by atoms with Crippen LogP contribution in [0.1, 0.15) is 13.8 Å². The largest absolute Gasteiger partial charge is 0.366 e. The van der Waals surface area contributed by atoms with E-state index in [9.17, 15) is 9.59 Å². The smallest absolute Gasteiger partial charge is 0.236 e. The number of hydrogen-bond donors (Lipinski definition) is 3. The van der Waals surface area contributed by atoms with Crippen LogP contribution in [0, 0.1) is 5.92 Å². The van der Waals surface area contributed by atoms with Crippen LogP contribution in [0.3, 0.4) is 0 Å². The van der Waals surface area contributed by atoms with E-state index in [4.69, 9.17) is 5.73 Å². The molecule has 10 heteroatoms. The number of halogens is 1. The molecule has 3 rings (SSSR count). The molecule has 4 N–H and O–H groups in total. The van der Waals surface area contributed by atoms with Crippen molar-refractivity contribution >= 4 is 56.4 Å². The second-order valence-electron chi connectivity index (χ2n) is 7.01. The lowest BCUT2D eigenvalue weighted by Gasteiger charge is -2.36. The minimum atomic E-state index is -0.388. The van der Waals surface area contributed by atoms with E-state index >= 15 is 0 Å². The minimum absolute atomic E-state index is 0.0206. The van der Waals surface area contributed by atoms with Crippen LogP contribution in [0.5, 0.6) is 0 Å². The Kier molecular flexibility index (Phi) is 7.22. The molecule has 1 saturated heterocycles. The standard InChI is InChI=1S/C20H26BrN7O2/c1-3-4-23-10-13(2)20(30)26-15-12-25-19-17(15)18(14(21)11-24-19)28-7-5-27(6-8-28)16(29)9-22/h3-4,10-13H,5-9,22H2,1-2H3,(H,24,25)(H,26,30)/b4-3-,23-10?. The number of nitrogens with two attached hydrogens (primary N) is 1. The number of allylic oxidation sites excluding steroid dienone is 1. The van der Waals surface area contributed by atoms with Gasteiger partial charge in [0.1, 0.15) is 5.65 Å². The summed E-state index contributed by atoms with van der Waals surface area (Å²) in [6.45, 7) is 6.19. The molecule has 1 unspecified atom stereocenters. The van der Waals surface area contributed by atoms with Crippen LogP contribution in [-0.4, -0.2) is 65.6 Å². The van der Waals surface area contributed by atoms with E-state index in [0.29, 0.717) is 37.5 Å². The minimum Gasteiger partial charge on any atom is -0.366 e. The van der Waals surface area contributed by atoms with Crippen molar-refractivity contribution in [3.05, 3.63) is 29.1 Å². The first-order chi connectivity index (χ1) is 14.5. The normalized spacial score (nSPS) is 16.0. The number of rotatable bonds is 6. The van der Waals surface area contributed by atoms with Crippen molar-refractivity contribution in [1.82, 2.24) is 14.9 Å². The number of pyridine rings is 1. The third-order valence-corrected chi connectivity index (χ3v) is 5.55. The average Bonchev–Trinajstić information content (AvgIpc) is 3.16. The zero-order valence-corrected chi connectivity index (χ0v) is 18.6. The van der Waals surface area contributed by atoms with Crippen LogP contribution in [0.2, 0.25) is 0 Å². The quantitative estimate of drug-likeness (QED) is 0.552. The predicted octanol–water partition coefficient (Wildman–Crippen LogP) is 2.11. The van der Waals surface area contributed by atoms with Gasteiger partial charge in [0.25, 0.3) is 0 Å². The third-order valence-electron chi connectivity index (χ3n) is 4.97. The maximum Gasteiger partial charge on any atom is 0.236 e. The van der Waals surface area contributed by atoms with Gasteiger partial charge in [-0.15, -0.1) is 0 Å². The number of hydrogen-bond acceptors (Lipinski definition) is 6. The van der Waals surface area contributed by atoms with Crippen molar-refractivity contribution in [3.8, 4) is 0 Å². The molecule has 0 aromatic carbocycles. The monoisotopic (exact) mass is 475 g/mol. The SMILES string of the molecule is C/C=C\N=CC(C)C(=O)Nc1c[nH]c2ncc(Br)c(N3CCN(C(=O)CN)CC3)c12. The van der Waals surface area contributed by atoms with Crippen LogP contribution < -0.4 is 16.0 Å². The molecular formula is C20H26BrN7O2. The summed E-state index contributed by atoms with van der Waals surface area (Å²) < 4.78 is 0.825. The highest BCUT2D eigenvalue weighted by Gasteiger charge is 2.25. The third kappa shape index (κ3) is 4.71. The van der Waals surface area contributed by atoms with Crippen LogP contribution in [0.4, 0.5) is 11.4 Å². The lowest BCUT2D eigenvalue weighted by Crippen LogP contribution is -2.50. The first kappa shape index (κ1) is 22.0. The Morgan fingerprint density at radius 1 is 1.40 bits per heavy atom. The Morgan fingerprint density at radius 2 is 2.13 bits per heavy atom. The molecule has 30 heavy (non-hydrogen) atoms. The molecule has 2 amide bonds. The summed E-state index contributed by atoms with van der Waals surface area (Å²) in [5.74, 6) is -0.592. The lowest BCUT2D eigenvalue weighted by atomic mass is 10.1. The number of piperazine rings is 1. The van der Waals surface area contributed by atoms with Crippen LogP contribution >= 0.6 is 15.9 Å². The number of carbonyl (C=O) groups excluding carboxylic acids is 2. The first-order valence-electron chi connectivity index (χ1n) is 9.80. The Hall–Kier alpha value is -2.72. The Labute approximate surface area is 183 Å². The highest BCUT2D eigenvalue weighted by molar-refractivity contribution is 9.10. The molecule has 0 aliphatic carbocycles. The van der Waals surface area contributed by atoms with Crippen molar-refractivity contribution in [1.29, 1.82) is 0 Å². The predicted molar refractivity (Wildman–Crippen MR) is 123 cm³/mol. The first-order valence-corrected chi connectivity index (χ1v) is 10.6. The summed E-state index contributed by atoms with van der Waals surface area (Å²) in [7, 11) is 0. The summed E-state index contributed by atoms with van der Waals surface area (Å²) >= 11 is 3.61. The topological polar surface area (TPSA) is 120 Å². The molecule has 1 aliphatic rings. The summed E-state index contributed by atoms with van der Waals surface area (Å²) in [5.41, 5.74) is 7.76. The van der Waals surface area contributed by atoms with Gasteiger partial charge in [0.2, 0.25) is 11.8 Å². The van der Waals surface area contributed by atoms with E-state index < -0.39 is 0 Å². The molecular weight excluding hydrogens is 450 g/mol. The number of nitrogens with zero attached hydrogens (tertiary/aromatic N) is 4. The number of H-pyrrole nitrogens is 1. The molecule has 160 valence electrons. The fourth-order valence-electron chi connectivity index (χ4n) is 3.35. The van der Waals surface area contributed by atoms with Crippen LogP contribution in [0.15, 0.2) is 34.1 Å². The van der Waals surface area contributed by atoms with Crippen LogP contribution in [-0.2, 0) is 9.59 Å². The molecule has 0 radical (unpaired) electrons. The second kappa shape index (κ2) is 9.86. The van der Waals surface area contributed by atoms with Crippen molar-refractivity contribution in [3.63, 3.8) is 0 Å². The zero-order valence-electron chi connectivity index (χ0n) is 17.1. The average molecular weight is 476 g/mol. The maximum atomic E-state index is 12.6. The van der Waals surface area contributed by atoms with E-state index in [0.717, 1.165) is 15.5 Å². The van der Waals surface area contributed by atoms with E-state index in [1.54, 1.807) is 42.7 Å².